The van der Waals surface area contributed by atoms with Gasteiger partial charge < -0.3 is 29.7 Å². The molecule has 10 nitrogen and oxygen atoms in total. The highest BCUT2D eigenvalue weighted by atomic mass is 19.4. The molecule has 0 saturated carbocycles. The molecule has 0 aromatic heterocycles. The number of amides is 3. The maximum Gasteiger partial charge on any atom is 0.430 e. The topological polar surface area (TPSA) is 135 Å². The number of allylic oxidation sites excluding steroid dienone is 4. The van der Waals surface area contributed by atoms with Crippen molar-refractivity contribution in [2.75, 3.05) is 6.54 Å². The van der Waals surface area contributed by atoms with E-state index in [-0.39, 0.29) is 41.2 Å². The second-order valence-corrected chi connectivity index (χ2v) is 11.8. The predicted octanol–water partition coefficient (Wildman–Crippen LogP) is 6.95. The van der Waals surface area contributed by atoms with Crippen molar-refractivity contribution in [3.05, 3.63) is 101 Å². The van der Waals surface area contributed by atoms with Crippen molar-refractivity contribution < 1.29 is 65.1 Å². The summed E-state index contributed by atoms with van der Waals surface area (Å²) >= 11 is 0. The van der Waals surface area contributed by atoms with Crippen LogP contribution in [-0.4, -0.2) is 57.3 Å². The van der Waals surface area contributed by atoms with Crippen LogP contribution in [0.25, 0.3) is 0 Å². The van der Waals surface area contributed by atoms with E-state index in [1.807, 2.05) is 18.2 Å². The number of nitrogens with one attached hydrogen (secondary N) is 1. The van der Waals surface area contributed by atoms with Gasteiger partial charge in [-0.15, -0.1) is 0 Å². The minimum absolute atomic E-state index is 0.0277. The minimum Gasteiger partial charge on any atom is -0.507 e. The van der Waals surface area contributed by atoms with Gasteiger partial charge in [-0.1, -0.05) is 37.6 Å². The smallest absolute Gasteiger partial charge is 0.430 e. The van der Waals surface area contributed by atoms with Gasteiger partial charge in [-0.25, -0.2) is 4.79 Å². The first kappa shape index (κ1) is 36.0. The summed E-state index contributed by atoms with van der Waals surface area (Å²) in [5, 5.41) is 23.0. The molecule has 2 aromatic rings. The summed E-state index contributed by atoms with van der Waals surface area (Å²) in [6.07, 6.45) is -2.34. The molecule has 16 heteroatoms. The van der Waals surface area contributed by atoms with Crippen LogP contribution in [0.3, 0.4) is 0 Å². The maximum atomic E-state index is 13.5. The standard InChI is InChI=1S/C34H30F6N2O8/c1-3-7-20-14-21(32(47,33(35,36)37)34(38,39)40)10-13-26(20)49-22-11-12-23(24(43)15-22)25(44)16-42-29(45)31(2,41-30(42)46)28-18-48-17-27(50-28)19-8-5-4-6-9-19/h4-5,8,10-15,17-18,43,47H,3,6-7,9,16H2,1-2H3,(H,41,46). The van der Waals surface area contributed by atoms with Gasteiger partial charge in [-0.2, -0.15) is 26.3 Å². The molecule has 1 saturated heterocycles. The van der Waals surface area contributed by atoms with Crippen LogP contribution in [0.1, 0.15) is 54.6 Å². The predicted molar refractivity (Wildman–Crippen MR) is 162 cm³/mol. The number of rotatable bonds is 10. The van der Waals surface area contributed by atoms with Crippen LogP contribution < -0.4 is 10.1 Å². The minimum atomic E-state index is -6.08. The molecule has 1 unspecified atom stereocenters. The van der Waals surface area contributed by atoms with Crippen molar-refractivity contribution in [1.29, 1.82) is 0 Å². The number of phenols is 1. The number of urea groups is 1. The fourth-order valence-electron chi connectivity index (χ4n) is 5.52. The van der Waals surface area contributed by atoms with Gasteiger partial charge in [0.15, 0.2) is 22.8 Å². The number of nitrogens with zero attached hydrogens (tertiary/aromatic N) is 1. The van der Waals surface area contributed by atoms with E-state index in [0.29, 0.717) is 29.2 Å². The number of ether oxygens (including phenoxy) is 3. The first-order valence-electron chi connectivity index (χ1n) is 15.2. The molecule has 5 rings (SSSR count). The molecule has 0 bridgehead atoms. The van der Waals surface area contributed by atoms with E-state index < -0.39 is 59.1 Å². The van der Waals surface area contributed by atoms with Crippen LogP contribution in [0.15, 0.2) is 84.2 Å². The zero-order chi connectivity index (χ0) is 36.6. The molecule has 50 heavy (non-hydrogen) atoms. The maximum absolute atomic E-state index is 13.5. The second kappa shape index (κ2) is 13.2. The van der Waals surface area contributed by atoms with Crippen LogP contribution in [0, 0.1) is 0 Å². The van der Waals surface area contributed by atoms with Gasteiger partial charge in [0, 0.05) is 11.6 Å². The van der Waals surface area contributed by atoms with Crippen LogP contribution in [0.4, 0.5) is 31.1 Å². The third-order valence-corrected chi connectivity index (χ3v) is 8.29. The van der Waals surface area contributed by atoms with Gasteiger partial charge in [-0.3, -0.25) is 14.5 Å². The Morgan fingerprint density at radius 1 is 1.06 bits per heavy atom. The highest BCUT2D eigenvalue weighted by Gasteiger charge is 2.71. The molecular weight excluding hydrogens is 678 g/mol. The first-order chi connectivity index (χ1) is 23.4. The Morgan fingerprint density at radius 3 is 2.40 bits per heavy atom. The number of aromatic hydroxyl groups is 1. The molecule has 1 aliphatic carbocycles. The van der Waals surface area contributed by atoms with E-state index in [4.69, 9.17) is 14.2 Å². The van der Waals surface area contributed by atoms with Crippen molar-refractivity contribution in [1.82, 2.24) is 10.2 Å². The van der Waals surface area contributed by atoms with Crippen molar-refractivity contribution in [3.63, 3.8) is 0 Å². The van der Waals surface area contributed by atoms with Crippen molar-refractivity contribution in [2.24, 2.45) is 0 Å². The van der Waals surface area contributed by atoms with E-state index in [0.717, 1.165) is 36.5 Å². The quantitative estimate of drug-likeness (QED) is 0.137. The molecule has 0 radical (unpaired) electrons. The zero-order valence-corrected chi connectivity index (χ0v) is 26.4. The molecule has 3 N–H and O–H groups in total. The molecule has 2 aliphatic heterocycles. The molecule has 3 amide bonds. The summed E-state index contributed by atoms with van der Waals surface area (Å²) in [4.78, 5) is 40.2. The number of carbonyl (C=O) groups excluding carboxylic acids is 3. The summed E-state index contributed by atoms with van der Waals surface area (Å²) in [5.41, 5.74) is -7.94. The fourth-order valence-corrected chi connectivity index (χ4v) is 5.52. The van der Waals surface area contributed by atoms with Gasteiger partial charge in [-0.05, 0) is 61.6 Å². The number of phenolic OH excluding ortho intramolecular Hbond substituents is 1. The summed E-state index contributed by atoms with van der Waals surface area (Å²) in [5.74, 6) is -2.35. The van der Waals surface area contributed by atoms with Crippen LogP contribution in [0.5, 0.6) is 17.2 Å². The third-order valence-electron chi connectivity index (χ3n) is 8.29. The first-order valence-corrected chi connectivity index (χ1v) is 15.2. The lowest BCUT2D eigenvalue weighted by Crippen LogP contribution is -2.53. The van der Waals surface area contributed by atoms with E-state index in [9.17, 15) is 50.9 Å². The number of aryl methyl sites for hydroxylation is 1. The molecule has 1 fully saturated rings. The summed E-state index contributed by atoms with van der Waals surface area (Å²) in [6.45, 7) is 2.20. The highest BCUT2D eigenvalue weighted by Crippen LogP contribution is 2.51. The third kappa shape index (κ3) is 6.54. The number of carbonyl (C=O) groups is 3. The molecule has 2 heterocycles. The van der Waals surface area contributed by atoms with Gasteiger partial charge >= 0.3 is 18.4 Å². The number of halogens is 6. The van der Waals surface area contributed by atoms with Gasteiger partial charge in [0.2, 0.25) is 0 Å². The lowest BCUT2D eigenvalue weighted by atomic mass is 9.90. The molecular formula is C34H30F6N2O8. The SMILES string of the molecule is CCCc1cc(C(O)(C(F)(F)F)C(F)(F)F)ccc1Oc1ccc(C(=O)CN2C(=O)NC(C)(C3=COC=C(C4=CC=CCC4)O3)C2=O)c(O)c1. The summed E-state index contributed by atoms with van der Waals surface area (Å²) in [6, 6.07) is 4.15. The van der Waals surface area contributed by atoms with Crippen molar-refractivity contribution in [3.8, 4) is 17.2 Å². The molecule has 266 valence electrons. The van der Waals surface area contributed by atoms with Crippen LogP contribution >= 0.6 is 0 Å². The van der Waals surface area contributed by atoms with E-state index in [1.54, 1.807) is 6.92 Å². The van der Waals surface area contributed by atoms with Crippen LogP contribution in [-0.2, 0) is 26.3 Å². The average Bonchev–Trinajstić information content (AvgIpc) is 3.28. The van der Waals surface area contributed by atoms with E-state index >= 15 is 0 Å². The van der Waals surface area contributed by atoms with Crippen LogP contribution in [0.2, 0.25) is 0 Å². The number of benzene rings is 2. The Balaban J connectivity index is 1.31. The normalized spacial score (nSPS) is 19.6. The largest absolute Gasteiger partial charge is 0.507 e. The lowest BCUT2D eigenvalue weighted by molar-refractivity contribution is -0.376. The van der Waals surface area contributed by atoms with E-state index in [2.05, 4.69) is 5.32 Å². The van der Waals surface area contributed by atoms with Crippen molar-refractivity contribution in [2.45, 2.75) is 63.0 Å². The molecule has 2 aromatic carbocycles. The fraction of sp³-hybridized carbons (Fsp3) is 0.324. The monoisotopic (exact) mass is 708 g/mol. The number of hydrogen-bond acceptors (Lipinski definition) is 8. The zero-order valence-electron chi connectivity index (χ0n) is 26.4. The molecule has 3 aliphatic rings. The number of alkyl halides is 6. The number of hydrogen-bond donors (Lipinski definition) is 3. The number of aliphatic hydroxyl groups is 1. The Kier molecular flexibility index (Phi) is 9.53. The lowest BCUT2D eigenvalue weighted by Gasteiger charge is -2.33. The Labute approximate surface area is 280 Å². The average molecular weight is 709 g/mol. The van der Waals surface area contributed by atoms with Gasteiger partial charge in [0.25, 0.3) is 11.5 Å². The van der Waals surface area contributed by atoms with Gasteiger partial charge in [0.1, 0.15) is 29.8 Å². The Bertz CT molecular complexity index is 1830. The van der Waals surface area contributed by atoms with E-state index in [1.165, 1.54) is 19.3 Å². The number of ketones is 1. The van der Waals surface area contributed by atoms with Crippen molar-refractivity contribution >= 4 is 17.7 Å². The molecule has 1 atom stereocenters. The second-order valence-electron chi connectivity index (χ2n) is 11.8. The molecule has 0 spiro atoms. The van der Waals surface area contributed by atoms with Gasteiger partial charge in [0.05, 0.1) is 12.1 Å². The Hall–Kier alpha value is -5.25. The number of imide groups is 1. The number of Topliss-reactive ketones (excluding diaryl/α,β-unsaturated/α-hetero) is 1. The Morgan fingerprint density at radius 2 is 1.78 bits per heavy atom. The summed E-state index contributed by atoms with van der Waals surface area (Å²) in [7, 11) is 0. The highest BCUT2D eigenvalue weighted by molar-refractivity contribution is 6.12. The summed E-state index contributed by atoms with van der Waals surface area (Å²) < 4.78 is 97.6.